The zero-order valence-corrected chi connectivity index (χ0v) is 14.7. The highest BCUT2D eigenvalue weighted by atomic mass is 16.2. The van der Waals surface area contributed by atoms with Gasteiger partial charge in [-0.25, -0.2) is 4.98 Å². The summed E-state index contributed by atoms with van der Waals surface area (Å²) in [5.41, 5.74) is 3.38. The van der Waals surface area contributed by atoms with E-state index in [1.165, 1.54) is 4.57 Å². The third-order valence-electron chi connectivity index (χ3n) is 4.44. The molecule has 3 aromatic rings. The summed E-state index contributed by atoms with van der Waals surface area (Å²) >= 11 is 0. The zero-order valence-electron chi connectivity index (χ0n) is 14.7. The van der Waals surface area contributed by atoms with Crippen molar-refractivity contribution in [2.45, 2.75) is 33.7 Å². The molecule has 0 radical (unpaired) electrons. The minimum Gasteiger partial charge on any atom is -0.324 e. The van der Waals surface area contributed by atoms with Crippen LogP contribution in [0.15, 0.2) is 47.3 Å². The van der Waals surface area contributed by atoms with Gasteiger partial charge in [0.1, 0.15) is 12.4 Å². The summed E-state index contributed by atoms with van der Waals surface area (Å²) in [6.45, 7) is 5.84. The van der Waals surface area contributed by atoms with E-state index in [1.54, 1.807) is 12.1 Å². The third kappa shape index (κ3) is 3.31. The number of carbonyl (C=O) groups is 1. The normalized spacial score (nSPS) is 10.8. The van der Waals surface area contributed by atoms with Crippen LogP contribution in [0.4, 0.5) is 5.69 Å². The van der Waals surface area contributed by atoms with Gasteiger partial charge in [-0.1, -0.05) is 31.2 Å². The number of para-hydroxylation sites is 1. The highest BCUT2D eigenvalue weighted by molar-refractivity contribution is 5.91. The number of rotatable bonds is 4. The van der Waals surface area contributed by atoms with Gasteiger partial charge in [0.25, 0.3) is 5.56 Å². The number of nitrogens with one attached hydrogen (secondary N) is 1. The maximum Gasteiger partial charge on any atom is 0.261 e. The molecule has 0 unspecified atom stereocenters. The Hall–Kier alpha value is -2.95. The average molecular weight is 335 g/mol. The van der Waals surface area contributed by atoms with Crippen LogP contribution in [0, 0.1) is 13.8 Å². The molecule has 1 amide bonds. The number of hydrogen-bond donors (Lipinski definition) is 1. The largest absolute Gasteiger partial charge is 0.324 e. The molecule has 5 nitrogen and oxygen atoms in total. The highest BCUT2D eigenvalue weighted by Crippen LogP contribution is 2.18. The van der Waals surface area contributed by atoms with Gasteiger partial charge >= 0.3 is 0 Å². The van der Waals surface area contributed by atoms with Crippen LogP contribution in [-0.2, 0) is 17.8 Å². The quantitative estimate of drug-likeness (QED) is 0.796. The van der Waals surface area contributed by atoms with Crippen LogP contribution in [0.25, 0.3) is 10.9 Å². The first-order chi connectivity index (χ1) is 12.0. The molecule has 0 aliphatic heterocycles. The molecule has 25 heavy (non-hydrogen) atoms. The first-order valence-electron chi connectivity index (χ1n) is 8.35. The lowest BCUT2D eigenvalue weighted by Gasteiger charge is -2.14. The Bertz CT molecular complexity index is 1010. The predicted molar refractivity (Wildman–Crippen MR) is 99.9 cm³/mol. The molecule has 5 heteroatoms. The lowest BCUT2D eigenvalue weighted by molar-refractivity contribution is -0.116. The Labute approximate surface area is 146 Å². The third-order valence-corrected chi connectivity index (χ3v) is 4.44. The molecule has 0 fully saturated rings. The Morgan fingerprint density at radius 3 is 2.64 bits per heavy atom. The molecule has 0 aliphatic carbocycles. The summed E-state index contributed by atoms with van der Waals surface area (Å²) in [5.74, 6) is 0.377. The standard InChI is InChI=1S/C20H21N3O2/c1-4-18-21-17-10-6-5-9-15(17)20(25)23(18)12-19(24)22-16-11-7-8-13(2)14(16)3/h5-11H,4,12H2,1-3H3,(H,22,24). The van der Waals surface area contributed by atoms with Gasteiger partial charge in [0, 0.05) is 12.1 Å². The van der Waals surface area contributed by atoms with Gasteiger partial charge in [-0.15, -0.1) is 0 Å². The van der Waals surface area contributed by atoms with Crippen molar-refractivity contribution in [3.63, 3.8) is 0 Å². The Morgan fingerprint density at radius 2 is 1.88 bits per heavy atom. The second kappa shape index (κ2) is 6.89. The summed E-state index contributed by atoms with van der Waals surface area (Å²) in [6, 6.07) is 13.0. The van der Waals surface area contributed by atoms with Gasteiger partial charge in [-0.2, -0.15) is 0 Å². The van der Waals surface area contributed by atoms with Gasteiger partial charge in [0.05, 0.1) is 10.9 Å². The average Bonchev–Trinajstić information content (AvgIpc) is 2.61. The smallest absolute Gasteiger partial charge is 0.261 e. The zero-order chi connectivity index (χ0) is 18.0. The molecular weight excluding hydrogens is 314 g/mol. The van der Waals surface area contributed by atoms with E-state index in [-0.39, 0.29) is 18.0 Å². The SMILES string of the molecule is CCc1nc2ccccc2c(=O)n1CC(=O)Nc1cccc(C)c1C. The molecule has 1 N–H and O–H groups in total. The van der Waals surface area contributed by atoms with Crippen LogP contribution in [0.3, 0.4) is 0 Å². The number of aryl methyl sites for hydroxylation is 2. The fourth-order valence-electron chi connectivity index (χ4n) is 2.87. The minimum absolute atomic E-state index is 0.0484. The topological polar surface area (TPSA) is 64.0 Å². The first-order valence-corrected chi connectivity index (χ1v) is 8.35. The van der Waals surface area contributed by atoms with E-state index >= 15 is 0 Å². The maximum absolute atomic E-state index is 12.8. The molecular formula is C20H21N3O2. The monoisotopic (exact) mass is 335 g/mol. The molecule has 0 spiro atoms. The lowest BCUT2D eigenvalue weighted by Crippen LogP contribution is -2.31. The van der Waals surface area contributed by atoms with Gasteiger partial charge in [0.2, 0.25) is 5.91 Å². The molecule has 0 saturated heterocycles. The lowest BCUT2D eigenvalue weighted by atomic mass is 10.1. The number of fused-ring (bicyclic) bond motifs is 1. The summed E-state index contributed by atoms with van der Waals surface area (Å²) in [5, 5.41) is 3.43. The number of nitrogens with zero attached hydrogens (tertiary/aromatic N) is 2. The Balaban J connectivity index is 1.94. The summed E-state index contributed by atoms with van der Waals surface area (Å²) in [4.78, 5) is 29.8. The van der Waals surface area contributed by atoms with Crippen molar-refractivity contribution in [1.29, 1.82) is 0 Å². The maximum atomic E-state index is 12.8. The fraction of sp³-hybridized carbons (Fsp3) is 0.250. The Morgan fingerprint density at radius 1 is 1.12 bits per heavy atom. The molecule has 0 aliphatic rings. The van der Waals surface area contributed by atoms with Gasteiger partial charge in [-0.3, -0.25) is 14.2 Å². The molecule has 3 rings (SSSR count). The van der Waals surface area contributed by atoms with E-state index in [0.717, 1.165) is 16.8 Å². The van der Waals surface area contributed by atoms with Crippen LogP contribution in [0.2, 0.25) is 0 Å². The van der Waals surface area contributed by atoms with E-state index < -0.39 is 0 Å². The number of benzene rings is 2. The van der Waals surface area contributed by atoms with E-state index in [0.29, 0.717) is 23.1 Å². The summed E-state index contributed by atoms with van der Waals surface area (Å²) in [6.07, 6.45) is 0.580. The van der Waals surface area contributed by atoms with Crippen molar-refractivity contribution >= 4 is 22.5 Å². The molecule has 0 bridgehead atoms. The first kappa shape index (κ1) is 16.9. The molecule has 0 saturated carbocycles. The van der Waals surface area contributed by atoms with E-state index in [1.807, 2.05) is 51.1 Å². The predicted octanol–water partition coefficient (Wildman–Crippen LogP) is 3.21. The van der Waals surface area contributed by atoms with Crippen molar-refractivity contribution in [2.75, 3.05) is 5.32 Å². The van der Waals surface area contributed by atoms with Crippen molar-refractivity contribution in [3.05, 3.63) is 69.8 Å². The number of carbonyl (C=O) groups excluding carboxylic acids is 1. The second-order valence-corrected chi connectivity index (χ2v) is 6.09. The fourth-order valence-corrected chi connectivity index (χ4v) is 2.87. The summed E-state index contributed by atoms with van der Waals surface area (Å²) < 4.78 is 1.46. The summed E-state index contributed by atoms with van der Waals surface area (Å²) in [7, 11) is 0. The second-order valence-electron chi connectivity index (χ2n) is 6.09. The molecule has 2 aromatic carbocycles. The van der Waals surface area contributed by atoms with E-state index in [4.69, 9.17) is 0 Å². The number of anilines is 1. The van der Waals surface area contributed by atoms with E-state index in [2.05, 4.69) is 10.3 Å². The van der Waals surface area contributed by atoms with Crippen LogP contribution >= 0.6 is 0 Å². The highest BCUT2D eigenvalue weighted by Gasteiger charge is 2.13. The van der Waals surface area contributed by atoms with Crippen LogP contribution in [0.5, 0.6) is 0 Å². The van der Waals surface area contributed by atoms with Crippen molar-refractivity contribution in [2.24, 2.45) is 0 Å². The minimum atomic E-state index is -0.234. The number of amides is 1. The van der Waals surface area contributed by atoms with Crippen LogP contribution in [0.1, 0.15) is 23.9 Å². The molecule has 1 heterocycles. The molecule has 128 valence electrons. The van der Waals surface area contributed by atoms with Crippen molar-refractivity contribution in [3.8, 4) is 0 Å². The molecule has 0 atom stereocenters. The number of hydrogen-bond acceptors (Lipinski definition) is 3. The molecule has 1 aromatic heterocycles. The van der Waals surface area contributed by atoms with Crippen LogP contribution in [-0.4, -0.2) is 15.5 Å². The van der Waals surface area contributed by atoms with E-state index in [9.17, 15) is 9.59 Å². The van der Waals surface area contributed by atoms with Crippen LogP contribution < -0.4 is 10.9 Å². The number of aromatic nitrogens is 2. The van der Waals surface area contributed by atoms with Crippen molar-refractivity contribution < 1.29 is 4.79 Å². The van der Waals surface area contributed by atoms with Gasteiger partial charge < -0.3 is 5.32 Å². The van der Waals surface area contributed by atoms with Crippen molar-refractivity contribution in [1.82, 2.24) is 9.55 Å². The van der Waals surface area contributed by atoms with Gasteiger partial charge in [-0.05, 0) is 43.2 Å². The van der Waals surface area contributed by atoms with Gasteiger partial charge in [0.15, 0.2) is 0 Å². The Kier molecular flexibility index (Phi) is 4.65.